The van der Waals surface area contributed by atoms with E-state index in [-0.39, 0.29) is 18.2 Å². The van der Waals surface area contributed by atoms with Crippen LogP contribution in [0.1, 0.15) is 32.1 Å². The van der Waals surface area contributed by atoms with Crippen LogP contribution < -0.4 is 11.1 Å². The van der Waals surface area contributed by atoms with Crippen molar-refractivity contribution in [1.29, 1.82) is 0 Å². The normalized spacial score (nSPS) is 15.7. The summed E-state index contributed by atoms with van der Waals surface area (Å²) in [6.07, 6.45) is 3.90. The number of carbonyl (C=O) groups excluding carboxylic acids is 2. The van der Waals surface area contributed by atoms with Crippen molar-refractivity contribution >= 4 is 34.8 Å². The topological polar surface area (TPSA) is 75.4 Å². The predicted molar refractivity (Wildman–Crippen MR) is 84.2 cm³/mol. The number of nitrogens with zero attached hydrogens (tertiary/aromatic N) is 1. The van der Waals surface area contributed by atoms with Crippen LogP contribution in [0.3, 0.4) is 0 Å². The number of hydrogen-bond acceptors (Lipinski definition) is 3. The minimum absolute atomic E-state index is 0.144. The summed E-state index contributed by atoms with van der Waals surface area (Å²) in [4.78, 5) is 25.6. The predicted octanol–water partition coefficient (Wildman–Crippen LogP) is 2.65. The van der Waals surface area contributed by atoms with Crippen LogP contribution in [0, 0.1) is 0 Å². The van der Waals surface area contributed by atoms with Crippen LogP contribution in [-0.2, 0) is 9.59 Å². The zero-order valence-corrected chi connectivity index (χ0v) is 12.7. The minimum Gasteiger partial charge on any atom is -0.399 e. The Balaban J connectivity index is 1.85. The third-order valence-corrected chi connectivity index (χ3v) is 3.86. The fourth-order valence-electron chi connectivity index (χ4n) is 2.36. The molecule has 1 aromatic carbocycles. The van der Waals surface area contributed by atoms with Crippen molar-refractivity contribution in [3.63, 3.8) is 0 Å². The van der Waals surface area contributed by atoms with E-state index in [0.29, 0.717) is 29.4 Å². The van der Waals surface area contributed by atoms with Gasteiger partial charge in [0.25, 0.3) is 0 Å². The van der Waals surface area contributed by atoms with Gasteiger partial charge in [-0.2, -0.15) is 0 Å². The zero-order valence-electron chi connectivity index (χ0n) is 11.9. The van der Waals surface area contributed by atoms with Gasteiger partial charge in [-0.3, -0.25) is 9.59 Å². The van der Waals surface area contributed by atoms with Crippen LogP contribution in [0.4, 0.5) is 11.4 Å². The number of hydrogen-bond donors (Lipinski definition) is 2. The number of nitrogen functional groups attached to an aromatic ring is 1. The molecule has 0 aromatic heterocycles. The van der Waals surface area contributed by atoms with Gasteiger partial charge in [0.15, 0.2) is 0 Å². The van der Waals surface area contributed by atoms with E-state index < -0.39 is 0 Å². The second kappa shape index (κ2) is 7.31. The molecule has 1 fully saturated rings. The van der Waals surface area contributed by atoms with E-state index in [9.17, 15) is 9.59 Å². The van der Waals surface area contributed by atoms with Gasteiger partial charge in [0.05, 0.1) is 10.7 Å². The van der Waals surface area contributed by atoms with Crippen molar-refractivity contribution in [3.8, 4) is 0 Å². The summed E-state index contributed by atoms with van der Waals surface area (Å²) in [5.74, 6) is -0.00969. The highest BCUT2D eigenvalue weighted by molar-refractivity contribution is 6.34. The average Bonchev–Trinajstić information content (AvgIpc) is 2.64. The summed E-state index contributed by atoms with van der Waals surface area (Å²) < 4.78 is 0. The quantitative estimate of drug-likeness (QED) is 0.840. The Morgan fingerprint density at radius 2 is 2.14 bits per heavy atom. The van der Waals surface area contributed by atoms with Gasteiger partial charge in [-0.1, -0.05) is 18.0 Å². The Kier molecular flexibility index (Phi) is 5.44. The molecule has 0 unspecified atom stereocenters. The Morgan fingerprint density at radius 3 is 2.90 bits per heavy atom. The number of rotatable bonds is 4. The molecule has 0 spiro atoms. The van der Waals surface area contributed by atoms with Crippen molar-refractivity contribution in [2.75, 3.05) is 24.1 Å². The van der Waals surface area contributed by atoms with Gasteiger partial charge in [-0.05, 0) is 31.0 Å². The molecule has 1 heterocycles. The molecule has 1 aliphatic rings. The van der Waals surface area contributed by atoms with E-state index in [1.807, 2.05) is 0 Å². The van der Waals surface area contributed by atoms with Gasteiger partial charge in [-0.25, -0.2) is 0 Å². The van der Waals surface area contributed by atoms with Gasteiger partial charge < -0.3 is 16.0 Å². The van der Waals surface area contributed by atoms with Crippen LogP contribution >= 0.6 is 11.6 Å². The number of amides is 2. The molecule has 0 radical (unpaired) electrons. The van der Waals surface area contributed by atoms with E-state index in [0.717, 1.165) is 25.8 Å². The Morgan fingerprint density at radius 1 is 1.33 bits per heavy atom. The summed E-state index contributed by atoms with van der Waals surface area (Å²) in [5.41, 5.74) is 6.69. The van der Waals surface area contributed by atoms with Crippen molar-refractivity contribution in [2.45, 2.75) is 32.1 Å². The first-order valence-corrected chi connectivity index (χ1v) is 7.57. The van der Waals surface area contributed by atoms with Crippen molar-refractivity contribution in [2.24, 2.45) is 0 Å². The van der Waals surface area contributed by atoms with E-state index in [2.05, 4.69) is 5.32 Å². The van der Waals surface area contributed by atoms with Gasteiger partial charge in [-0.15, -0.1) is 0 Å². The third-order valence-electron chi connectivity index (χ3n) is 3.55. The molecule has 0 saturated carbocycles. The number of carbonyl (C=O) groups is 2. The van der Waals surface area contributed by atoms with E-state index >= 15 is 0 Å². The zero-order chi connectivity index (χ0) is 15.2. The molecule has 2 amide bonds. The summed E-state index contributed by atoms with van der Waals surface area (Å²) in [5, 5.41) is 3.15. The van der Waals surface area contributed by atoms with Gasteiger partial charge in [0.1, 0.15) is 0 Å². The summed E-state index contributed by atoms with van der Waals surface area (Å²) in [6, 6.07) is 4.95. The molecular weight excluding hydrogens is 290 g/mol. The lowest BCUT2D eigenvalue weighted by molar-refractivity contribution is -0.131. The van der Waals surface area contributed by atoms with Crippen LogP contribution in [-0.4, -0.2) is 29.8 Å². The molecule has 1 aliphatic heterocycles. The lowest BCUT2D eigenvalue weighted by atomic mass is 10.2. The summed E-state index contributed by atoms with van der Waals surface area (Å²) in [6.45, 7) is 1.20. The molecule has 1 aromatic rings. The number of benzene rings is 1. The Bertz CT molecular complexity index is 534. The standard InChI is InChI=1S/C15H20ClN3O2/c16-12-10-11(17)5-6-13(12)18-14(20)7-9-19-8-3-1-2-4-15(19)21/h5-6,10H,1-4,7-9,17H2,(H,18,20). The fourth-order valence-corrected chi connectivity index (χ4v) is 2.59. The van der Waals surface area contributed by atoms with Crippen LogP contribution in [0.5, 0.6) is 0 Å². The Hall–Kier alpha value is -1.75. The van der Waals surface area contributed by atoms with Crippen LogP contribution in [0.2, 0.25) is 5.02 Å². The maximum atomic E-state index is 11.9. The molecule has 1 saturated heterocycles. The highest BCUT2D eigenvalue weighted by atomic mass is 35.5. The average molecular weight is 310 g/mol. The first kappa shape index (κ1) is 15.6. The van der Waals surface area contributed by atoms with Gasteiger partial charge in [0, 0.05) is 31.6 Å². The molecule has 0 aliphatic carbocycles. The van der Waals surface area contributed by atoms with Crippen molar-refractivity contribution in [1.82, 2.24) is 4.90 Å². The highest BCUT2D eigenvalue weighted by Gasteiger charge is 2.17. The van der Waals surface area contributed by atoms with Gasteiger partial charge >= 0.3 is 0 Å². The number of nitrogens with one attached hydrogen (secondary N) is 1. The molecule has 0 bridgehead atoms. The molecule has 114 valence electrons. The second-order valence-corrected chi connectivity index (χ2v) is 5.64. The summed E-state index contributed by atoms with van der Waals surface area (Å²) in [7, 11) is 0. The SMILES string of the molecule is Nc1ccc(NC(=O)CCN2CCCCCC2=O)c(Cl)c1. The molecule has 21 heavy (non-hydrogen) atoms. The number of halogens is 1. The lowest BCUT2D eigenvalue weighted by Crippen LogP contribution is -2.33. The molecule has 3 N–H and O–H groups in total. The third kappa shape index (κ3) is 4.63. The van der Waals surface area contributed by atoms with Gasteiger partial charge in [0.2, 0.25) is 11.8 Å². The smallest absolute Gasteiger partial charge is 0.226 e. The number of anilines is 2. The number of likely N-dealkylation sites (tertiary alicyclic amines) is 1. The minimum atomic E-state index is -0.154. The molecule has 5 nitrogen and oxygen atoms in total. The number of nitrogens with two attached hydrogens (primary N) is 1. The first-order chi connectivity index (χ1) is 10.1. The maximum Gasteiger partial charge on any atom is 0.226 e. The van der Waals surface area contributed by atoms with Crippen molar-refractivity contribution in [3.05, 3.63) is 23.2 Å². The monoisotopic (exact) mass is 309 g/mol. The summed E-state index contributed by atoms with van der Waals surface area (Å²) >= 11 is 6.01. The maximum absolute atomic E-state index is 11.9. The molecule has 6 heteroatoms. The largest absolute Gasteiger partial charge is 0.399 e. The van der Waals surface area contributed by atoms with E-state index in [4.69, 9.17) is 17.3 Å². The fraction of sp³-hybridized carbons (Fsp3) is 0.467. The highest BCUT2D eigenvalue weighted by Crippen LogP contribution is 2.24. The molecular formula is C15H20ClN3O2. The lowest BCUT2D eigenvalue weighted by Gasteiger charge is -2.20. The first-order valence-electron chi connectivity index (χ1n) is 7.19. The van der Waals surface area contributed by atoms with Crippen LogP contribution in [0.25, 0.3) is 0 Å². The Labute approximate surface area is 129 Å². The van der Waals surface area contributed by atoms with Crippen molar-refractivity contribution < 1.29 is 9.59 Å². The van der Waals surface area contributed by atoms with E-state index in [1.165, 1.54) is 0 Å². The second-order valence-electron chi connectivity index (χ2n) is 5.23. The van der Waals surface area contributed by atoms with Crippen LogP contribution in [0.15, 0.2) is 18.2 Å². The van der Waals surface area contributed by atoms with E-state index in [1.54, 1.807) is 23.1 Å². The molecule has 0 atom stereocenters. The molecule has 2 rings (SSSR count).